The van der Waals surface area contributed by atoms with Crippen molar-refractivity contribution in [2.75, 3.05) is 32.7 Å². The number of hydrogen-bond donors (Lipinski definition) is 1. The van der Waals surface area contributed by atoms with E-state index < -0.39 is 0 Å². The second kappa shape index (κ2) is 6.70. The predicted molar refractivity (Wildman–Crippen MR) is 96.1 cm³/mol. The maximum Gasteiger partial charge on any atom is 0.317 e. The molecule has 3 amide bonds. The maximum atomic E-state index is 12.4. The van der Waals surface area contributed by atoms with Crippen molar-refractivity contribution in [3.8, 4) is 0 Å². The van der Waals surface area contributed by atoms with Gasteiger partial charge in [-0.1, -0.05) is 37.3 Å². The second-order valence-corrected chi connectivity index (χ2v) is 7.83. The molecule has 5 nitrogen and oxygen atoms in total. The Bertz CT molecular complexity index is 640. The number of urea groups is 1. The smallest absolute Gasteiger partial charge is 0.317 e. The highest BCUT2D eigenvalue weighted by Gasteiger charge is 2.42. The summed E-state index contributed by atoms with van der Waals surface area (Å²) in [6, 6.07) is 10.5. The van der Waals surface area contributed by atoms with Gasteiger partial charge in [-0.05, 0) is 36.2 Å². The first-order valence-corrected chi connectivity index (χ1v) is 9.50. The molecular formula is C20H27N3O2. The number of benzene rings is 1. The van der Waals surface area contributed by atoms with Crippen LogP contribution >= 0.6 is 0 Å². The van der Waals surface area contributed by atoms with E-state index in [4.69, 9.17) is 0 Å². The third-order valence-electron chi connectivity index (χ3n) is 5.97. The maximum absolute atomic E-state index is 12.4. The van der Waals surface area contributed by atoms with Gasteiger partial charge in [-0.2, -0.15) is 0 Å². The van der Waals surface area contributed by atoms with Crippen LogP contribution in [0.4, 0.5) is 4.79 Å². The Hall–Kier alpha value is -2.04. The van der Waals surface area contributed by atoms with E-state index in [1.807, 2.05) is 15.9 Å². The van der Waals surface area contributed by atoms with Crippen molar-refractivity contribution < 1.29 is 9.59 Å². The second-order valence-electron chi connectivity index (χ2n) is 7.83. The van der Waals surface area contributed by atoms with Gasteiger partial charge in [0.2, 0.25) is 5.91 Å². The fourth-order valence-corrected chi connectivity index (χ4v) is 3.94. The van der Waals surface area contributed by atoms with Gasteiger partial charge in [0.05, 0.1) is 0 Å². The standard InChI is InChI=1S/C20H27N3O2/c1-14-11-17(14)19(24)22-7-9-23(10-8-22)20(25)21-13-16-12-18(16)15-5-3-2-4-6-15/h2-6,14,16-18H,7-13H2,1H3,(H,21,25)/t14-,16-,17+,18+/m1/s1. The van der Waals surface area contributed by atoms with Crippen molar-refractivity contribution in [3.05, 3.63) is 35.9 Å². The molecule has 1 heterocycles. The summed E-state index contributed by atoms with van der Waals surface area (Å²) in [4.78, 5) is 28.4. The number of piperazine rings is 1. The number of carbonyl (C=O) groups excluding carboxylic acids is 2. The number of amides is 3. The van der Waals surface area contributed by atoms with E-state index >= 15 is 0 Å². The van der Waals surface area contributed by atoms with Crippen molar-refractivity contribution in [2.24, 2.45) is 17.8 Å². The molecule has 3 fully saturated rings. The number of rotatable bonds is 4. The van der Waals surface area contributed by atoms with E-state index in [9.17, 15) is 9.59 Å². The van der Waals surface area contributed by atoms with Crippen LogP contribution in [0.2, 0.25) is 0 Å². The van der Waals surface area contributed by atoms with Crippen LogP contribution in [0.15, 0.2) is 30.3 Å². The SMILES string of the molecule is C[C@@H]1C[C@@H]1C(=O)N1CCN(C(=O)NC[C@H]2C[C@H]2c2ccccc2)CC1. The fraction of sp³-hybridized carbons (Fsp3) is 0.600. The van der Waals surface area contributed by atoms with Crippen LogP contribution in [0.1, 0.15) is 31.2 Å². The average Bonchev–Trinajstić information content (AvgIpc) is 3.57. The third-order valence-corrected chi connectivity index (χ3v) is 5.97. The number of nitrogens with one attached hydrogen (secondary N) is 1. The molecule has 3 aliphatic rings. The lowest BCUT2D eigenvalue weighted by atomic mass is 10.1. The van der Waals surface area contributed by atoms with Gasteiger partial charge in [0.15, 0.2) is 0 Å². The highest BCUT2D eigenvalue weighted by Crippen LogP contribution is 2.46. The van der Waals surface area contributed by atoms with Crippen LogP contribution < -0.4 is 5.32 Å². The van der Waals surface area contributed by atoms with Crippen molar-refractivity contribution in [3.63, 3.8) is 0 Å². The molecule has 25 heavy (non-hydrogen) atoms. The number of hydrogen-bond acceptors (Lipinski definition) is 2. The Morgan fingerprint density at radius 2 is 1.68 bits per heavy atom. The van der Waals surface area contributed by atoms with Crippen molar-refractivity contribution in [1.29, 1.82) is 0 Å². The first-order chi connectivity index (χ1) is 12.1. The minimum atomic E-state index is 0.0191. The van der Waals surface area contributed by atoms with Gasteiger partial charge in [0.25, 0.3) is 0 Å². The lowest BCUT2D eigenvalue weighted by Crippen LogP contribution is -2.53. The third kappa shape index (κ3) is 3.65. The molecule has 0 radical (unpaired) electrons. The molecule has 2 saturated carbocycles. The quantitative estimate of drug-likeness (QED) is 0.914. The lowest BCUT2D eigenvalue weighted by molar-refractivity contribution is -0.134. The molecule has 1 saturated heterocycles. The summed E-state index contributed by atoms with van der Waals surface area (Å²) in [6.07, 6.45) is 2.19. The first-order valence-electron chi connectivity index (χ1n) is 9.50. The largest absolute Gasteiger partial charge is 0.339 e. The Morgan fingerprint density at radius 3 is 2.32 bits per heavy atom. The molecule has 0 spiro atoms. The Labute approximate surface area is 149 Å². The fourth-order valence-electron chi connectivity index (χ4n) is 3.94. The Kier molecular flexibility index (Phi) is 4.40. The van der Waals surface area contributed by atoms with Gasteiger partial charge in [-0.15, -0.1) is 0 Å². The molecule has 1 aromatic rings. The summed E-state index contributed by atoms with van der Waals surface area (Å²) in [5.74, 6) is 2.23. The van der Waals surface area contributed by atoms with E-state index in [-0.39, 0.29) is 17.9 Å². The normalized spacial score (nSPS) is 30.8. The number of nitrogens with zero attached hydrogens (tertiary/aromatic N) is 2. The van der Waals surface area contributed by atoms with Gasteiger partial charge in [0.1, 0.15) is 0 Å². The van der Waals surface area contributed by atoms with E-state index in [1.54, 1.807) is 0 Å². The summed E-state index contributed by atoms with van der Waals surface area (Å²) in [5.41, 5.74) is 1.38. The molecule has 2 aliphatic carbocycles. The number of carbonyl (C=O) groups is 2. The molecule has 4 atom stereocenters. The van der Waals surface area contributed by atoms with Crippen LogP contribution in [0.25, 0.3) is 0 Å². The zero-order valence-electron chi connectivity index (χ0n) is 14.9. The van der Waals surface area contributed by atoms with Crippen LogP contribution in [0.3, 0.4) is 0 Å². The Morgan fingerprint density at radius 1 is 1.04 bits per heavy atom. The Balaban J connectivity index is 1.18. The zero-order chi connectivity index (χ0) is 17.4. The molecule has 0 aromatic heterocycles. The first kappa shape index (κ1) is 16.4. The monoisotopic (exact) mass is 341 g/mol. The van der Waals surface area contributed by atoms with Crippen molar-refractivity contribution in [1.82, 2.24) is 15.1 Å². The van der Waals surface area contributed by atoms with Gasteiger partial charge in [0, 0.05) is 38.6 Å². The predicted octanol–water partition coefficient (Wildman–Crippen LogP) is 2.30. The van der Waals surface area contributed by atoms with Crippen LogP contribution in [0.5, 0.6) is 0 Å². The molecular weight excluding hydrogens is 314 g/mol. The molecule has 0 bridgehead atoms. The molecule has 1 N–H and O–H groups in total. The van der Waals surface area contributed by atoms with Gasteiger partial charge >= 0.3 is 6.03 Å². The lowest BCUT2D eigenvalue weighted by Gasteiger charge is -2.35. The topological polar surface area (TPSA) is 52.7 Å². The summed E-state index contributed by atoms with van der Waals surface area (Å²) in [5, 5.41) is 3.08. The summed E-state index contributed by atoms with van der Waals surface area (Å²) in [6.45, 7) is 5.51. The van der Waals surface area contributed by atoms with Crippen LogP contribution in [-0.2, 0) is 4.79 Å². The van der Waals surface area contributed by atoms with E-state index in [0.717, 1.165) is 19.4 Å². The average molecular weight is 341 g/mol. The van der Waals surface area contributed by atoms with Gasteiger partial charge < -0.3 is 15.1 Å². The minimum Gasteiger partial charge on any atom is -0.339 e. The molecule has 5 heteroatoms. The summed E-state index contributed by atoms with van der Waals surface area (Å²) >= 11 is 0. The molecule has 1 aliphatic heterocycles. The highest BCUT2D eigenvalue weighted by atomic mass is 16.2. The molecule has 1 aromatic carbocycles. The molecule has 4 rings (SSSR count). The van der Waals surface area contributed by atoms with Crippen LogP contribution in [-0.4, -0.2) is 54.5 Å². The summed E-state index contributed by atoms with van der Waals surface area (Å²) in [7, 11) is 0. The van der Waals surface area contributed by atoms with E-state index in [0.29, 0.717) is 43.9 Å². The highest BCUT2D eigenvalue weighted by molar-refractivity contribution is 5.82. The molecule has 134 valence electrons. The van der Waals surface area contributed by atoms with E-state index in [1.165, 1.54) is 5.56 Å². The minimum absolute atomic E-state index is 0.0191. The van der Waals surface area contributed by atoms with Crippen molar-refractivity contribution >= 4 is 11.9 Å². The molecule has 0 unspecified atom stereocenters. The van der Waals surface area contributed by atoms with Gasteiger partial charge in [-0.25, -0.2) is 4.79 Å². The van der Waals surface area contributed by atoms with Crippen LogP contribution in [0, 0.1) is 17.8 Å². The summed E-state index contributed by atoms with van der Waals surface area (Å²) < 4.78 is 0. The zero-order valence-corrected chi connectivity index (χ0v) is 14.9. The van der Waals surface area contributed by atoms with Gasteiger partial charge in [-0.3, -0.25) is 4.79 Å². The van der Waals surface area contributed by atoms with E-state index in [2.05, 4.69) is 36.5 Å². The van der Waals surface area contributed by atoms with Crippen molar-refractivity contribution in [2.45, 2.75) is 25.7 Å².